The Hall–Kier alpha value is -2.90. The molecule has 3 aromatic carbocycles. The van der Waals surface area contributed by atoms with Gasteiger partial charge < -0.3 is 14.2 Å². The molecule has 0 spiro atoms. The lowest BCUT2D eigenvalue weighted by Gasteiger charge is -2.36. The van der Waals surface area contributed by atoms with Gasteiger partial charge in [0.2, 0.25) is 0 Å². The second kappa shape index (κ2) is 17.4. The first-order valence-electron chi connectivity index (χ1n) is 13.8. The first-order valence-corrected chi connectivity index (χ1v) is 17.5. The molecule has 0 unspecified atom stereocenters. The van der Waals surface area contributed by atoms with Crippen molar-refractivity contribution in [1.82, 2.24) is 0 Å². The van der Waals surface area contributed by atoms with Crippen LogP contribution in [0.2, 0.25) is 0 Å². The van der Waals surface area contributed by atoms with Crippen LogP contribution in [0.1, 0.15) is 29.5 Å². The third-order valence-electron chi connectivity index (χ3n) is 6.34. The monoisotopic (exact) mass is 632 g/mol. The van der Waals surface area contributed by atoms with Crippen molar-refractivity contribution in [2.75, 3.05) is 19.1 Å². The summed E-state index contributed by atoms with van der Waals surface area (Å²) in [5, 5.41) is 0. The molecule has 0 aliphatic heterocycles. The van der Waals surface area contributed by atoms with E-state index in [9.17, 15) is 16.8 Å². The topological polar surface area (TPSA) is 114 Å². The molecule has 3 aromatic rings. The van der Waals surface area contributed by atoms with Gasteiger partial charge in [-0.3, -0.25) is 8.37 Å². The average molecular weight is 633 g/mol. The minimum absolute atomic E-state index is 0.0616. The van der Waals surface area contributed by atoms with Gasteiger partial charge in [-0.05, 0) is 29.5 Å². The maximum Gasteiger partial charge on any atom is 0.264 e. The van der Waals surface area contributed by atoms with E-state index in [0.717, 1.165) is 29.2 Å². The molecule has 0 amide bonds. The van der Waals surface area contributed by atoms with Gasteiger partial charge in [-0.25, -0.2) is 0 Å². The van der Waals surface area contributed by atoms with Gasteiger partial charge in [0, 0.05) is 0 Å². The lowest BCUT2D eigenvalue weighted by Crippen LogP contribution is -2.51. The number of allylic oxidation sites excluding steroid dienone is 1. The number of ether oxygens (including phenoxy) is 3. The molecule has 11 heteroatoms. The second-order valence-electron chi connectivity index (χ2n) is 10.1. The molecule has 0 aliphatic carbocycles. The summed E-state index contributed by atoms with van der Waals surface area (Å²) in [7, 11) is -7.93. The van der Waals surface area contributed by atoms with Crippen molar-refractivity contribution in [2.24, 2.45) is 0 Å². The quantitative estimate of drug-likeness (QED) is 0.125. The van der Waals surface area contributed by atoms with Crippen LogP contribution in [0, 0.1) is 0 Å². The number of hydrogen-bond donors (Lipinski definition) is 0. The highest BCUT2D eigenvalue weighted by molar-refractivity contribution is 7.86. The molecular formula is C32H40O9S2. The highest BCUT2D eigenvalue weighted by Crippen LogP contribution is 2.26. The fourth-order valence-corrected chi connectivity index (χ4v) is 5.34. The van der Waals surface area contributed by atoms with Gasteiger partial charge in [0.15, 0.2) is 0 Å². The summed E-state index contributed by atoms with van der Waals surface area (Å²) in [6.07, 6.45) is 0.171. The van der Waals surface area contributed by atoms with Gasteiger partial charge in [-0.1, -0.05) is 97.1 Å². The van der Waals surface area contributed by atoms with Crippen molar-refractivity contribution in [3.63, 3.8) is 0 Å². The van der Waals surface area contributed by atoms with Crippen LogP contribution in [-0.4, -0.2) is 60.4 Å². The Kier molecular flexibility index (Phi) is 14.0. The summed E-state index contributed by atoms with van der Waals surface area (Å²) in [6.45, 7) is 3.68. The van der Waals surface area contributed by atoms with Gasteiger partial charge >= 0.3 is 0 Å². The standard InChI is InChI=1S/C32H40O9S2/c1-4-5-21-29(37-22-26-15-9-6-10-16-26)32(41-43(3,35)36)31(39-24-28-19-13-8-14-20-28)30(25-40-42(2,33)34)38-23-27-17-11-7-12-18-27/h4,6-20,29-32H,1,5,21-25H2,2-3H3/t29-,30+,31-,32-/m1/s1. The Morgan fingerprint density at radius 3 is 1.49 bits per heavy atom. The van der Waals surface area contributed by atoms with Crippen molar-refractivity contribution in [1.29, 1.82) is 0 Å². The molecule has 0 saturated carbocycles. The zero-order valence-electron chi connectivity index (χ0n) is 24.5. The predicted octanol–water partition coefficient (Wildman–Crippen LogP) is 5.03. The molecule has 0 aromatic heterocycles. The van der Waals surface area contributed by atoms with Crippen LogP contribution in [0.4, 0.5) is 0 Å². The number of benzene rings is 3. The Morgan fingerprint density at radius 1 is 0.628 bits per heavy atom. The van der Waals surface area contributed by atoms with E-state index in [4.69, 9.17) is 22.6 Å². The second-order valence-corrected chi connectivity index (χ2v) is 13.3. The Bertz CT molecular complexity index is 1430. The Balaban J connectivity index is 2.03. The minimum Gasteiger partial charge on any atom is -0.371 e. The van der Waals surface area contributed by atoms with Gasteiger partial charge in [0.05, 0.1) is 45.0 Å². The van der Waals surface area contributed by atoms with Crippen molar-refractivity contribution in [3.05, 3.63) is 120 Å². The van der Waals surface area contributed by atoms with E-state index >= 15 is 0 Å². The average Bonchev–Trinajstić information content (AvgIpc) is 2.98. The normalized spacial score (nSPS) is 14.9. The molecule has 4 atom stereocenters. The summed E-state index contributed by atoms with van der Waals surface area (Å²) < 4.78 is 79.3. The summed E-state index contributed by atoms with van der Waals surface area (Å²) in [5.74, 6) is 0. The molecule has 9 nitrogen and oxygen atoms in total. The Morgan fingerprint density at radius 2 is 1.07 bits per heavy atom. The van der Waals surface area contributed by atoms with Crippen LogP contribution < -0.4 is 0 Å². The maximum atomic E-state index is 12.7. The lowest BCUT2D eigenvalue weighted by molar-refractivity contribution is -0.166. The van der Waals surface area contributed by atoms with E-state index in [0.29, 0.717) is 12.8 Å². The summed E-state index contributed by atoms with van der Waals surface area (Å²) in [4.78, 5) is 0. The van der Waals surface area contributed by atoms with Gasteiger partial charge in [-0.2, -0.15) is 16.8 Å². The van der Waals surface area contributed by atoms with Crippen LogP contribution in [0.25, 0.3) is 0 Å². The maximum absolute atomic E-state index is 12.7. The summed E-state index contributed by atoms with van der Waals surface area (Å²) >= 11 is 0. The molecule has 0 N–H and O–H groups in total. The van der Waals surface area contributed by atoms with Crippen molar-refractivity contribution in [3.8, 4) is 0 Å². The zero-order valence-corrected chi connectivity index (χ0v) is 26.1. The molecule has 0 bridgehead atoms. The lowest BCUT2D eigenvalue weighted by atomic mass is 9.98. The first-order chi connectivity index (χ1) is 20.5. The van der Waals surface area contributed by atoms with E-state index in [2.05, 4.69) is 6.58 Å². The van der Waals surface area contributed by atoms with E-state index < -0.39 is 51.3 Å². The highest BCUT2D eigenvalue weighted by atomic mass is 32.2. The largest absolute Gasteiger partial charge is 0.371 e. The van der Waals surface area contributed by atoms with Crippen LogP contribution in [-0.2, 0) is 62.6 Å². The van der Waals surface area contributed by atoms with Crippen molar-refractivity contribution in [2.45, 2.75) is 57.1 Å². The smallest absolute Gasteiger partial charge is 0.264 e. The molecule has 234 valence electrons. The molecule has 0 fully saturated rings. The van der Waals surface area contributed by atoms with Crippen LogP contribution in [0.3, 0.4) is 0 Å². The van der Waals surface area contributed by atoms with Crippen LogP contribution >= 0.6 is 0 Å². The minimum atomic E-state index is -4.05. The van der Waals surface area contributed by atoms with Gasteiger partial charge in [0.25, 0.3) is 20.2 Å². The molecule has 3 rings (SSSR count). The van der Waals surface area contributed by atoms with E-state index in [1.165, 1.54) is 0 Å². The first kappa shape index (κ1) is 34.6. The highest BCUT2D eigenvalue weighted by Gasteiger charge is 2.41. The third kappa shape index (κ3) is 13.5. The summed E-state index contributed by atoms with van der Waals surface area (Å²) in [6, 6.07) is 28.0. The van der Waals surface area contributed by atoms with Crippen LogP contribution in [0.5, 0.6) is 0 Å². The molecule has 0 aliphatic rings. The molecule has 0 saturated heterocycles. The van der Waals surface area contributed by atoms with Crippen LogP contribution in [0.15, 0.2) is 104 Å². The SMILES string of the molecule is C=CCC[C@@H](OCc1ccccc1)[C@@H](OS(C)(=O)=O)[C@H](OCc1ccccc1)[C@H](COS(C)(=O)=O)OCc1ccccc1. The fraction of sp³-hybridized carbons (Fsp3) is 0.375. The summed E-state index contributed by atoms with van der Waals surface area (Å²) in [5.41, 5.74) is 2.50. The number of hydrogen-bond acceptors (Lipinski definition) is 9. The predicted molar refractivity (Wildman–Crippen MR) is 165 cm³/mol. The zero-order chi connectivity index (χ0) is 31.1. The molecule has 0 radical (unpaired) electrons. The van der Waals surface area contributed by atoms with Crippen molar-refractivity contribution >= 4 is 20.2 Å². The van der Waals surface area contributed by atoms with Crippen molar-refractivity contribution < 1.29 is 39.4 Å². The number of rotatable bonds is 20. The molecular weight excluding hydrogens is 592 g/mol. The van der Waals surface area contributed by atoms with E-state index in [-0.39, 0.29) is 19.8 Å². The van der Waals surface area contributed by atoms with Gasteiger partial charge in [-0.15, -0.1) is 6.58 Å². The molecule has 43 heavy (non-hydrogen) atoms. The van der Waals surface area contributed by atoms with Gasteiger partial charge in [0.1, 0.15) is 18.3 Å². The molecule has 0 heterocycles. The van der Waals surface area contributed by atoms with E-state index in [1.807, 2.05) is 91.0 Å². The van der Waals surface area contributed by atoms with E-state index in [1.54, 1.807) is 6.08 Å². The fourth-order valence-electron chi connectivity index (χ4n) is 4.32. The third-order valence-corrected chi connectivity index (χ3v) is 7.48. The Labute approximate surface area is 255 Å².